The van der Waals surface area contributed by atoms with Gasteiger partial charge in [-0.25, -0.2) is 4.39 Å². The summed E-state index contributed by atoms with van der Waals surface area (Å²) < 4.78 is 24.1. The quantitative estimate of drug-likeness (QED) is 0.815. The zero-order chi connectivity index (χ0) is 12.4. The second-order valence-corrected chi connectivity index (χ2v) is 4.04. The van der Waals surface area contributed by atoms with E-state index in [2.05, 4.69) is 15.9 Å². The van der Waals surface area contributed by atoms with E-state index in [-0.39, 0.29) is 17.1 Å². The van der Waals surface area contributed by atoms with Gasteiger partial charge in [0.25, 0.3) is 0 Å². The fourth-order valence-corrected chi connectivity index (χ4v) is 1.72. The number of carbonyl (C=O) groups excluding carboxylic acids is 1. The van der Waals surface area contributed by atoms with Gasteiger partial charge in [-0.2, -0.15) is 0 Å². The second-order valence-electron chi connectivity index (χ2n) is 3.25. The van der Waals surface area contributed by atoms with Crippen molar-refractivity contribution in [2.75, 3.05) is 7.11 Å². The average Bonchev–Trinajstić information content (AvgIpc) is 2.75. The number of benzene rings is 1. The van der Waals surface area contributed by atoms with Crippen LogP contribution in [0.15, 0.2) is 39.4 Å². The summed E-state index contributed by atoms with van der Waals surface area (Å²) in [6, 6.07) is 7.44. The molecule has 0 saturated carbocycles. The molecule has 3 nitrogen and oxygen atoms in total. The van der Waals surface area contributed by atoms with Crippen molar-refractivity contribution in [3.8, 4) is 5.75 Å². The number of rotatable bonds is 3. The van der Waals surface area contributed by atoms with Gasteiger partial charge in [-0.15, -0.1) is 0 Å². The third-order valence-electron chi connectivity index (χ3n) is 2.22. The van der Waals surface area contributed by atoms with Crippen LogP contribution in [-0.2, 0) is 0 Å². The molecule has 2 aromatic rings. The van der Waals surface area contributed by atoms with Crippen molar-refractivity contribution in [3.05, 3.63) is 52.1 Å². The number of halogens is 2. The van der Waals surface area contributed by atoms with Crippen LogP contribution in [0.25, 0.3) is 0 Å². The molecule has 0 atom stereocenters. The van der Waals surface area contributed by atoms with Crippen LogP contribution >= 0.6 is 15.9 Å². The standard InChI is InChI=1S/C12H8BrFO3/c1-16-8-4-2-3-7(11(8)14)12(15)9-5-6-10(13)17-9/h2-6H,1H3. The number of carbonyl (C=O) groups is 1. The lowest BCUT2D eigenvalue weighted by atomic mass is 10.1. The Morgan fingerprint density at radius 2 is 2.12 bits per heavy atom. The summed E-state index contributed by atoms with van der Waals surface area (Å²) in [5.41, 5.74) is -0.0776. The topological polar surface area (TPSA) is 39.4 Å². The zero-order valence-corrected chi connectivity index (χ0v) is 10.5. The summed E-state index contributed by atoms with van der Waals surface area (Å²) in [5, 5.41) is 0. The Balaban J connectivity index is 2.44. The molecule has 0 bridgehead atoms. The maximum Gasteiger partial charge on any atom is 0.231 e. The number of hydrogen-bond acceptors (Lipinski definition) is 3. The fraction of sp³-hybridized carbons (Fsp3) is 0.0833. The van der Waals surface area contributed by atoms with E-state index in [1.54, 1.807) is 12.1 Å². The van der Waals surface area contributed by atoms with Crippen LogP contribution in [-0.4, -0.2) is 12.9 Å². The molecule has 0 radical (unpaired) electrons. The summed E-state index contributed by atoms with van der Waals surface area (Å²) in [6.45, 7) is 0. The second kappa shape index (κ2) is 4.71. The maximum atomic E-state index is 13.8. The van der Waals surface area contributed by atoms with E-state index in [0.717, 1.165) is 0 Å². The van der Waals surface area contributed by atoms with Crippen molar-refractivity contribution in [2.24, 2.45) is 0 Å². The molecule has 0 amide bonds. The highest BCUT2D eigenvalue weighted by atomic mass is 79.9. The third-order valence-corrected chi connectivity index (χ3v) is 2.65. The van der Waals surface area contributed by atoms with E-state index in [9.17, 15) is 9.18 Å². The lowest BCUT2D eigenvalue weighted by molar-refractivity contribution is 0.100. The summed E-state index contributed by atoms with van der Waals surface area (Å²) in [4.78, 5) is 11.9. The smallest absolute Gasteiger partial charge is 0.231 e. The molecule has 1 heterocycles. The molecule has 5 heteroatoms. The van der Waals surface area contributed by atoms with Gasteiger partial charge in [0.05, 0.1) is 12.7 Å². The van der Waals surface area contributed by atoms with Crippen molar-refractivity contribution in [1.82, 2.24) is 0 Å². The predicted octanol–water partition coefficient (Wildman–Crippen LogP) is 3.42. The maximum absolute atomic E-state index is 13.8. The fourth-order valence-electron chi connectivity index (χ4n) is 1.41. The normalized spacial score (nSPS) is 10.3. The molecular formula is C12H8BrFO3. The monoisotopic (exact) mass is 298 g/mol. The lowest BCUT2D eigenvalue weighted by Crippen LogP contribution is -2.04. The van der Waals surface area contributed by atoms with E-state index >= 15 is 0 Å². The molecule has 1 aromatic carbocycles. The van der Waals surface area contributed by atoms with Gasteiger partial charge in [0.2, 0.25) is 5.78 Å². The van der Waals surface area contributed by atoms with Crippen LogP contribution in [0, 0.1) is 5.82 Å². The first-order chi connectivity index (χ1) is 8.13. The van der Waals surface area contributed by atoms with Gasteiger partial charge in [-0.05, 0) is 40.2 Å². The van der Waals surface area contributed by atoms with E-state index in [1.165, 1.54) is 25.3 Å². The molecule has 2 rings (SSSR count). The van der Waals surface area contributed by atoms with Crippen molar-refractivity contribution in [1.29, 1.82) is 0 Å². The summed E-state index contributed by atoms with van der Waals surface area (Å²) in [7, 11) is 1.34. The minimum atomic E-state index is -0.687. The Morgan fingerprint density at radius 3 is 2.71 bits per heavy atom. The van der Waals surface area contributed by atoms with Crippen LogP contribution in [0.3, 0.4) is 0 Å². The van der Waals surface area contributed by atoms with Gasteiger partial charge in [0.15, 0.2) is 22.0 Å². The number of ether oxygens (including phenoxy) is 1. The molecular weight excluding hydrogens is 291 g/mol. The van der Waals surface area contributed by atoms with Gasteiger partial charge in [-0.3, -0.25) is 4.79 Å². The molecule has 0 unspecified atom stereocenters. The van der Waals surface area contributed by atoms with Crippen LogP contribution in [0.2, 0.25) is 0 Å². The van der Waals surface area contributed by atoms with Crippen molar-refractivity contribution in [3.63, 3.8) is 0 Å². The third kappa shape index (κ3) is 2.24. The van der Waals surface area contributed by atoms with Gasteiger partial charge >= 0.3 is 0 Å². The molecule has 1 aromatic heterocycles. The lowest BCUT2D eigenvalue weighted by Gasteiger charge is -2.04. The van der Waals surface area contributed by atoms with E-state index < -0.39 is 11.6 Å². The van der Waals surface area contributed by atoms with Crippen LogP contribution < -0.4 is 4.74 Å². The minimum Gasteiger partial charge on any atom is -0.494 e. The first-order valence-corrected chi connectivity index (χ1v) is 5.55. The number of hydrogen-bond donors (Lipinski definition) is 0. The average molecular weight is 299 g/mol. The molecule has 0 fully saturated rings. The van der Waals surface area contributed by atoms with Gasteiger partial charge in [0.1, 0.15) is 0 Å². The summed E-state index contributed by atoms with van der Waals surface area (Å²) in [6.07, 6.45) is 0. The molecule has 0 N–H and O–H groups in total. The minimum absolute atomic E-state index is 0.0291. The first-order valence-electron chi connectivity index (χ1n) is 4.76. The van der Waals surface area contributed by atoms with Crippen molar-refractivity contribution >= 4 is 21.7 Å². The molecule has 17 heavy (non-hydrogen) atoms. The molecule has 0 aliphatic heterocycles. The van der Waals surface area contributed by atoms with E-state index in [4.69, 9.17) is 9.15 Å². The van der Waals surface area contributed by atoms with Crippen molar-refractivity contribution < 1.29 is 18.3 Å². The highest BCUT2D eigenvalue weighted by Gasteiger charge is 2.19. The summed E-state index contributed by atoms with van der Waals surface area (Å²) in [5.74, 6) is -1.11. The number of ketones is 1. The molecule has 0 aliphatic rings. The SMILES string of the molecule is COc1cccc(C(=O)c2ccc(Br)o2)c1F. The van der Waals surface area contributed by atoms with Crippen LogP contribution in [0.4, 0.5) is 4.39 Å². The van der Waals surface area contributed by atoms with Gasteiger partial charge < -0.3 is 9.15 Å². The Morgan fingerprint density at radius 1 is 1.35 bits per heavy atom. The van der Waals surface area contributed by atoms with Crippen LogP contribution in [0.1, 0.15) is 16.1 Å². The van der Waals surface area contributed by atoms with Crippen LogP contribution in [0.5, 0.6) is 5.75 Å². The molecule has 0 aliphatic carbocycles. The van der Waals surface area contributed by atoms with Gasteiger partial charge in [0, 0.05) is 0 Å². The van der Waals surface area contributed by atoms with E-state index in [1.807, 2.05) is 0 Å². The Kier molecular flexibility index (Phi) is 3.28. The Labute approximate surface area is 105 Å². The first kappa shape index (κ1) is 11.9. The highest BCUT2D eigenvalue weighted by Crippen LogP contribution is 2.24. The number of furan rings is 1. The number of methoxy groups -OCH3 is 1. The Hall–Kier alpha value is -1.62. The Bertz CT molecular complexity index is 563. The van der Waals surface area contributed by atoms with E-state index in [0.29, 0.717) is 4.67 Å². The highest BCUT2D eigenvalue weighted by molar-refractivity contribution is 9.10. The molecule has 0 spiro atoms. The molecule has 88 valence electrons. The molecule has 0 saturated heterocycles. The van der Waals surface area contributed by atoms with Gasteiger partial charge in [-0.1, -0.05) is 6.07 Å². The summed E-state index contributed by atoms with van der Waals surface area (Å²) >= 11 is 3.08. The largest absolute Gasteiger partial charge is 0.494 e. The zero-order valence-electron chi connectivity index (χ0n) is 8.87. The predicted molar refractivity (Wildman–Crippen MR) is 62.8 cm³/mol. The van der Waals surface area contributed by atoms with Crippen molar-refractivity contribution in [2.45, 2.75) is 0 Å².